The van der Waals surface area contributed by atoms with Crippen molar-refractivity contribution in [3.05, 3.63) is 35.4 Å². The van der Waals surface area contributed by atoms with Crippen LogP contribution in [0, 0.1) is 36.0 Å². The Kier molecular flexibility index (Phi) is 12.9. The molecule has 3 rings (SSSR count). The Hall–Kier alpha value is -2.63. The first kappa shape index (κ1) is 32.9. The van der Waals surface area contributed by atoms with Gasteiger partial charge in [0.2, 0.25) is 0 Å². The summed E-state index contributed by atoms with van der Waals surface area (Å²) in [6, 6.07) is 5.55. The number of carbonyl (C=O) groups is 3. The fourth-order valence-electron chi connectivity index (χ4n) is 6.07. The van der Waals surface area contributed by atoms with E-state index >= 15 is 0 Å². The summed E-state index contributed by atoms with van der Waals surface area (Å²) in [7, 11) is 0. The maximum atomic E-state index is 12.9. The van der Waals surface area contributed by atoms with Crippen molar-refractivity contribution in [3.63, 3.8) is 0 Å². The zero-order valence-electron chi connectivity index (χ0n) is 26.0. The Morgan fingerprint density at radius 3 is 2.07 bits per heavy atom. The van der Waals surface area contributed by atoms with Gasteiger partial charge in [-0.15, -0.1) is 0 Å². The molecule has 0 atom stereocenters. The second kappa shape index (κ2) is 16.1. The van der Waals surface area contributed by atoms with Crippen LogP contribution in [0.2, 0.25) is 0 Å². The minimum Gasteiger partial charge on any atom is -0.465 e. The summed E-state index contributed by atoms with van der Waals surface area (Å²) in [6.07, 6.45) is 16.1. The SMILES string of the molecule is CCC1CCC(C2CCC(C(=O)Oc3ccc(/C=C/C(=O)OCCCCOC(=O)C(C)(C)CC)cc3C)CC2)CC1. The Bertz CT molecular complexity index is 1030. The summed E-state index contributed by atoms with van der Waals surface area (Å²) in [5, 5.41) is 0. The van der Waals surface area contributed by atoms with E-state index in [0.29, 0.717) is 25.2 Å². The van der Waals surface area contributed by atoms with E-state index in [4.69, 9.17) is 14.2 Å². The summed E-state index contributed by atoms with van der Waals surface area (Å²) in [6.45, 7) is 10.5. The molecule has 0 spiro atoms. The van der Waals surface area contributed by atoms with E-state index in [2.05, 4.69) is 6.92 Å². The maximum Gasteiger partial charge on any atom is 0.330 e. The molecule has 0 saturated heterocycles. The third kappa shape index (κ3) is 10.3. The fraction of sp³-hybridized carbons (Fsp3) is 0.686. The number of aryl methyl sites for hydroxylation is 1. The average molecular weight is 569 g/mol. The molecule has 0 heterocycles. The highest BCUT2D eigenvalue weighted by Crippen LogP contribution is 2.42. The molecule has 1 aromatic carbocycles. The van der Waals surface area contributed by atoms with Crippen LogP contribution in [0.25, 0.3) is 6.08 Å². The van der Waals surface area contributed by atoms with Crippen molar-refractivity contribution in [1.29, 1.82) is 0 Å². The maximum absolute atomic E-state index is 12.9. The zero-order chi connectivity index (χ0) is 29.8. The van der Waals surface area contributed by atoms with Crippen molar-refractivity contribution in [2.45, 2.75) is 112 Å². The lowest BCUT2D eigenvalue weighted by Gasteiger charge is -2.37. The number of unbranched alkanes of at least 4 members (excludes halogenated alkanes) is 1. The van der Waals surface area contributed by atoms with Crippen LogP contribution in [0.1, 0.15) is 116 Å². The second-order valence-corrected chi connectivity index (χ2v) is 12.8. The van der Waals surface area contributed by atoms with E-state index in [0.717, 1.165) is 61.0 Å². The first-order valence-corrected chi connectivity index (χ1v) is 16.0. The van der Waals surface area contributed by atoms with Gasteiger partial charge in [0.05, 0.1) is 24.5 Å². The highest BCUT2D eigenvalue weighted by atomic mass is 16.5. The standard InChI is InChI=1S/C35H52O6/c1-6-26-10-14-28(15-11-26)29-16-18-30(19-17-29)33(37)41-31-20-12-27(24-25(31)3)13-21-32(36)39-22-8-9-23-40-34(38)35(4,5)7-2/h12-13,20-21,24,26,28-30H,6-11,14-19,22-23H2,1-5H3/b21-13+. The van der Waals surface area contributed by atoms with Gasteiger partial charge in [0.1, 0.15) is 5.75 Å². The number of esters is 3. The normalized spacial score (nSPS) is 23.2. The van der Waals surface area contributed by atoms with Crippen LogP contribution in [-0.4, -0.2) is 31.1 Å². The van der Waals surface area contributed by atoms with Gasteiger partial charge in [-0.2, -0.15) is 0 Å². The van der Waals surface area contributed by atoms with Crippen molar-refractivity contribution < 1.29 is 28.6 Å². The molecule has 6 heteroatoms. The fourth-order valence-corrected chi connectivity index (χ4v) is 6.07. The van der Waals surface area contributed by atoms with Crippen molar-refractivity contribution in [3.8, 4) is 5.75 Å². The molecule has 0 amide bonds. The van der Waals surface area contributed by atoms with Crippen molar-refractivity contribution in [2.24, 2.45) is 29.1 Å². The Balaban J connectivity index is 1.35. The van der Waals surface area contributed by atoms with Gasteiger partial charge in [-0.25, -0.2) is 4.79 Å². The van der Waals surface area contributed by atoms with E-state index in [1.54, 1.807) is 12.1 Å². The Morgan fingerprint density at radius 1 is 0.878 bits per heavy atom. The average Bonchev–Trinajstić information content (AvgIpc) is 2.98. The highest BCUT2D eigenvalue weighted by molar-refractivity contribution is 5.87. The van der Waals surface area contributed by atoms with Gasteiger partial charge in [0, 0.05) is 6.08 Å². The Labute approximate surface area is 247 Å². The van der Waals surface area contributed by atoms with Gasteiger partial charge >= 0.3 is 17.9 Å². The van der Waals surface area contributed by atoms with Gasteiger partial charge < -0.3 is 14.2 Å². The molecule has 1 aromatic rings. The molecule has 2 aliphatic carbocycles. The summed E-state index contributed by atoms with van der Waals surface area (Å²) < 4.78 is 16.4. The second-order valence-electron chi connectivity index (χ2n) is 12.8. The summed E-state index contributed by atoms with van der Waals surface area (Å²) >= 11 is 0. The number of hydrogen-bond donors (Lipinski definition) is 0. The highest BCUT2D eigenvalue weighted by Gasteiger charge is 2.33. The number of ether oxygens (including phenoxy) is 3. The third-order valence-corrected chi connectivity index (χ3v) is 9.51. The smallest absolute Gasteiger partial charge is 0.330 e. The summed E-state index contributed by atoms with van der Waals surface area (Å²) in [5.74, 6) is 2.39. The van der Waals surface area contributed by atoms with Crippen LogP contribution in [-0.2, 0) is 23.9 Å². The molecular weight excluding hydrogens is 516 g/mol. The largest absolute Gasteiger partial charge is 0.465 e. The molecule has 0 unspecified atom stereocenters. The first-order chi connectivity index (χ1) is 19.6. The molecule has 2 saturated carbocycles. The van der Waals surface area contributed by atoms with Crippen LogP contribution in [0.4, 0.5) is 0 Å². The lowest BCUT2D eigenvalue weighted by atomic mass is 9.69. The van der Waals surface area contributed by atoms with Gasteiger partial charge in [-0.05, 0) is 126 Å². The van der Waals surface area contributed by atoms with Gasteiger partial charge in [-0.1, -0.05) is 39.2 Å². The Morgan fingerprint density at radius 2 is 1.49 bits per heavy atom. The lowest BCUT2D eigenvalue weighted by molar-refractivity contribution is -0.154. The predicted octanol–water partition coefficient (Wildman–Crippen LogP) is 8.24. The monoisotopic (exact) mass is 568 g/mol. The first-order valence-electron chi connectivity index (χ1n) is 16.0. The van der Waals surface area contributed by atoms with E-state index in [1.165, 1.54) is 38.2 Å². The molecule has 0 aliphatic heterocycles. The van der Waals surface area contributed by atoms with E-state index in [1.807, 2.05) is 39.8 Å². The molecule has 0 bridgehead atoms. The van der Waals surface area contributed by atoms with E-state index < -0.39 is 11.4 Å². The zero-order valence-corrected chi connectivity index (χ0v) is 26.0. The minimum absolute atomic E-state index is 0.0118. The molecule has 2 fully saturated rings. The van der Waals surface area contributed by atoms with Crippen LogP contribution in [0.3, 0.4) is 0 Å². The van der Waals surface area contributed by atoms with E-state index in [-0.39, 0.29) is 24.5 Å². The van der Waals surface area contributed by atoms with E-state index in [9.17, 15) is 14.4 Å². The van der Waals surface area contributed by atoms with Crippen LogP contribution in [0.5, 0.6) is 5.75 Å². The van der Waals surface area contributed by atoms with Crippen LogP contribution < -0.4 is 4.74 Å². The molecule has 0 aromatic heterocycles. The minimum atomic E-state index is -0.471. The van der Waals surface area contributed by atoms with Crippen LogP contribution >= 0.6 is 0 Å². The molecule has 6 nitrogen and oxygen atoms in total. The van der Waals surface area contributed by atoms with Crippen molar-refractivity contribution >= 4 is 24.0 Å². The van der Waals surface area contributed by atoms with Crippen molar-refractivity contribution in [1.82, 2.24) is 0 Å². The van der Waals surface area contributed by atoms with Crippen molar-refractivity contribution in [2.75, 3.05) is 13.2 Å². The molecule has 2 aliphatic rings. The lowest BCUT2D eigenvalue weighted by Crippen LogP contribution is -2.30. The quantitative estimate of drug-likeness (QED) is 0.103. The molecule has 0 radical (unpaired) electrons. The topological polar surface area (TPSA) is 78.9 Å². The molecular formula is C35H52O6. The van der Waals surface area contributed by atoms with Crippen LogP contribution in [0.15, 0.2) is 24.3 Å². The number of rotatable bonds is 13. The molecule has 0 N–H and O–H groups in total. The number of benzene rings is 1. The third-order valence-electron chi connectivity index (χ3n) is 9.51. The molecule has 228 valence electrons. The predicted molar refractivity (Wildman–Crippen MR) is 162 cm³/mol. The summed E-state index contributed by atoms with van der Waals surface area (Å²) in [4.78, 5) is 37.0. The van der Waals surface area contributed by atoms with Gasteiger partial charge in [0.25, 0.3) is 0 Å². The summed E-state index contributed by atoms with van der Waals surface area (Å²) in [5.41, 5.74) is 1.22. The number of carbonyl (C=O) groups excluding carboxylic acids is 3. The van der Waals surface area contributed by atoms with Gasteiger partial charge in [0.15, 0.2) is 0 Å². The molecule has 41 heavy (non-hydrogen) atoms. The number of hydrogen-bond acceptors (Lipinski definition) is 6. The van der Waals surface area contributed by atoms with Gasteiger partial charge in [-0.3, -0.25) is 9.59 Å².